The minimum absolute atomic E-state index is 0.288. The molecule has 156 valence electrons. The SMILES string of the molecule is Cc1c(F)c(F)cc(C(=O)Nc2cccc(Cc3n[nH]c(=O)c4ccccc34)c2)c1F. The van der Waals surface area contributed by atoms with E-state index in [-0.39, 0.29) is 5.56 Å². The van der Waals surface area contributed by atoms with Crippen LogP contribution in [0.15, 0.2) is 59.4 Å². The molecule has 31 heavy (non-hydrogen) atoms. The molecule has 0 fully saturated rings. The van der Waals surface area contributed by atoms with Crippen LogP contribution in [0.4, 0.5) is 18.9 Å². The van der Waals surface area contributed by atoms with Crippen LogP contribution in [0.1, 0.15) is 27.2 Å². The molecule has 0 aliphatic carbocycles. The quantitative estimate of drug-likeness (QED) is 0.475. The highest BCUT2D eigenvalue weighted by Gasteiger charge is 2.20. The van der Waals surface area contributed by atoms with Crippen molar-refractivity contribution < 1.29 is 18.0 Å². The number of carbonyl (C=O) groups is 1. The van der Waals surface area contributed by atoms with Crippen LogP contribution < -0.4 is 10.9 Å². The Morgan fingerprint density at radius 3 is 2.52 bits per heavy atom. The molecule has 0 bridgehead atoms. The first-order valence-corrected chi connectivity index (χ1v) is 9.36. The van der Waals surface area contributed by atoms with E-state index in [1.54, 1.807) is 42.5 Å². The maximum atomic E-state index is 14.2. The summed E-state index contributed by atoms with van der Waals surface area (Å²) in [5, 5.41) is 10.3. The molecule has 1 aromatic heterocycles. The monoisotopic (exact) mass is 423 g/mol. The predicted molar refractivity (Wildman–Crippen MR) is 111 cm³/mol. The van der Waals surface area contributed by atoms with Gasteiger partial charge in [0.05, 0.1) is 16.6 Å². The second kappa shape index (κ2) is 8.06. The van der Waals surface area contributed by atoms with Gasteiger partial charge in [-0.2, -0.15) is 5.10 Å². The Balaban J connectivity index is 1.61. The Bertz CT molecular complexity index is 1380. The Kier molecular flexibility index (Phi) is 5.29. The fourth-order valence-electron chi connectivity index (χ4n) is 3.35. The summed E-state index contributed by atoms with van der Waals surface area (Å²) in [6.45, 7) is 1.06. The Labute approximate surface area is 174 Å². The van der Waals surface area contributed by atoms with E-state index in [0.29, 0.717) is 34.6 Å². The van der Waals surface area contributed by atoms with Gasteiger partial charge < -0.3 is 5.32 Å². The zero-order valence-electron chi connectivity index (χ0n) is 16.3. The summed E-state index contributed by atoms with van der Waals surface area (Å²) in [5.74, 6) is -4.63. The first-order chi connectivity index (χ1) is 14.8. The predicted octanol–water partition coefficient (Wildman–Crippen LogP) is 4.49. The second-order valence-corrected chi connectivity index (χ2v) is 7.04. The lowest BCUT2D eigenvalue weighted by molar-refractivity contribution is 0.102. The van der Waals surface area contributed by atoms with E-state index in [9.17, 15) is 22.8 Å². The van der Waals surface area contributed by atoms with Crippen LogP contribution in [0.2, 0.25) is 0 Å². The smallest absolute Gasteiger partial charge is 0.272 e. The number of nitrogens with one attached hydrogen (secondary N) is 2. The zero-order chi connectivity index (χ0) is 22.1. The molecular weight excluding hydrogens is 407 g/mol. The number of hydrogen-bond acceptors (Lipinski definition) is 3. The van der Waals surface area contributed by atoms with Crippen molar-refractivity contribution in [2.24, 2.45) is 0 Å². The lowest BCUT2D eigenvalue weighted by Crippen LogP contribution is -2.16. The van der Waals surface area contributed by atoms with E-state index in [4.69, 9.17) is 0 Å². The fraction of sp³-hybridized carbons (Fsp3) is 0.0870. The van der Waals surface area contributed by atoms with Crippen molar-refractivity contribution in [3.8, 4) is 0 Å². The summed E-state index contributed by atoms with van der Waals surface area (Å²) in [6, 6.07) is 14.3. The molecule has 3 aromatic carbocycles. The van der Waals surface area contributed by atoms with Gasteiger partial charge in [-0.1, -0.05) is 30.3 Å². The van der Waals surface area contributed by atoms with E-state index in [1.165, 1.54) is 0 Å². The summed E-state index contributed by atoms with van der Waals surface area (Å²) in [7, 11) is 0. The summed E-state index contributed by atoms with van der Waals surface area (Å²) >= 11 is 0. The van der Waals surface area contributed by atoms with Crippen molar-refractivity contribution in [1.29, 1.82) is 0 Å². The van der Waals surface area contributed by atoms with Crippen molar-refractivity contribution in [1.82, 2.24) is 10.2 Å². The number of fused-ring (bicyclic) bond motifs is 1. The van der Waals surface area contributed by atoms with Crippen molar-refractivity contribution in [3.05, 3.63) is 105 Å². The van der Waals surface area contributed by atoms with Gasteiger partial charge in [0.15, 0.2) is 11.6 Å². The van der Waals surface area contributed by atoms with Gasteiger partial charge in [0.1, 0.15) is 5.82 Å². The van der Waals surface area contributed by atoms with Crippen molar-refractivity contribution >= 4 is 22.4 Å². The molecule has 0 unspecified atom stereocenters. The highest BCUT2D eigenvalue weighted by atomic mass is 19.2. The Hall–Kier alpha value is -3.94. The Morgan fingerprint density at radius 1 is 1.00 bits per heavy atom. The highest BCUT2D eigenvalue weighted by molar-refractivity contribution is 6.04. The van der Waals surface area contributed by atoms with Crippen LogP contribution >= 0.6 is 0 Å². The molecule has 1 heterocycles. The molecule has 0 aliphatic heterocycles. The normalized spacial score (nSPS) is 11.0. The van der Waals surface area contributed by atoms with E-state index >= 15 is 0 Å². The minimum Gasteiger partial charge on any atom is -0.322 e. The van der Waals surface area contributed by atoms with Crippen LogP contribution in [0.5, 0.6) is 0 Å². The molecular formula is C23H16F3N3O2. The van der Waals surface area contributed by atoms with Gasteiger partial charge in [0.2, 0.25) is 0 Å². The van der Waals surface area contributed by atoms with E-state index < -0.39 is 34.5 Å². The maximum Gasteiger partial charge on any atom is 0.272 e. The van der Waals surface area contributed by atoms with Gasteiger partial charge in [-0.25, -0.2) is 18.3 Å². The number of hydrogen-bond donors (Lipinski definition) is 2. The number of halogens is 3. The first-order valence-electron chi connectivity index (χ1n) is 9.36. The third kappa shape index (κ3) is 3.92. The summed E-state index contributed by atoms with van der Waals surface area (Å²) in [6.07, 6.45) is 0.361. The molecule has 0 saturated heterocycles. The number of nitrogens with zero attached hydrogens (tertiary/aromatic N) is 1. The van der Waals surface area contributed by atoms with Gasteiger partial charge in [0.25, 0.3) is 11.5 Å². The molecule has 0 aliphatic rings. The number of rotatable bonds is 4. The molecule has 4 aromatic rings. The molecule has 4 rings (SSSR count). The third-order valence-corrected chi connectivity index (χ3v) is 4.95. The van der Waals surface area contributed by atoms with Crippen LogP contribution in [-0.2, 0) is 6.42 Å². The van der Waals surface area contributed by atoms with Gasteiger partial charge in [0, 0.05) is 23.1 Å². The lowest BCUT2D eigenvalue weighted by Gasteiger charge is -2.10. The summed E-state index contributed by atoms with van der Waals surface area (Å²) in [5.41, 5.74) is 0.317. The minimum atomic E-state index is -1.32. The number of amides is 1. The number of H-pyrrole nitrogens is 1. The maximum absolute atomic E-state index is 14.2. The topological polar surface area (TPSA) is 74.8 Å². The van der Waals surface area contributed by atoms with Crippen LogP contribution in [-0.4, -0.2) is 16.1 Å². The van der Waals surface area contributed by atoms with Crippen molar-refractivity contribution in [3.63, 3.8) is 0 Å². The summed E-state index contributed by atoms with van der Waals surface area (Å²) in [4.78, 5) is 24.4. The molecule has 0 radical (unpaired) electrons. The average molecular weight is 423 g/mol. The van der Waals surface area contributed by atoms with Crippen molar-refractivity contribution in [2.45, 2.75) is 13.3 Å². The molecule has 0 atom stereocenters. The Morgan fingerprint density at radius 2 is 1.74 bits per heavy atom. The molecule has 8 heteroatoms. The summed E-state index contributed by atoms with van der Waals surface area (Å²) < 4.78 is 41.3. The first kappa shape index (κ1) is 20.3. The van der Waals surface area contributed by atoms with Gasteiger partial charge in [-0.3, -0.25) is 9.59 Å². The number of aromatic nitrogens is 2. The largest absolute Gasteiger partial charge is 0.322 e. The van der Waals surface area contributed by atoms with Crippen LogP contribution in [0, 0.1) is 24.4 Å². The molecule has 1 amide bonds. The second-order valence-electron chi connectivity index (χ2n) is 7.04. The fourth-order valence-corrected chi connectivity index (χ4v) is 3.35. The van der Waals surface area contributed by atoms with E-state index in [1.807, 2.05) is 6.07 Å². The molecule has 2 N–H and O–H groups in total. The molecule has 5 nitrogen and oxygen atoms in total. The molecule has 0 spiro atoms. The van der Waals surface area contributed by atoms with E-state index in [0.717, 1.165) is 12.5 Å². The third-order valence-electron chi connectivity index (χ3n) is 4.95. The van der Waals surface area contributed by atoms with Crippen LogP contribution in [0.3, 0.4) is 0 Å². The van der Waals surface area contributed by atoms with Gasteiger partial charge >= 0.3 is 0 Å². The van der Waals surface area contributed by atoms with Crippen LogP contribution in [0.25, 0.3) is 10.8 Å². The highest BCUT2D eigenvalue weighted by Crippen LogP contribution is 2.22. The number of aromatic amines is 1. The van der Waals surface area contributed by atoms with Crippen molar-refractivity contribution in [2.75, 3.05) is 5.32 Å². The van der Waals surface area contributed by atoms with Gasteiger partial charge in [-0.15, -0.1) is 0 Å². The number of carbonyl (C=O) groups excluding carboxylic acids is 1. The molecule has 0 saturated carbocycles. The standard InChI is InChI=1S/C23H16F3N3O2/c1-12-20(25)17(11-18(24)21(12)26)22(30)27-14-6-4-5-13(9-14)10-19-15-7-2-3-8-16(15)23(31)29-28-19/h2-9,11H,10H2,1H3,(H,27,30)(H,29,31). The number of anilines is 1. The zero-order valence-corrected chi connectivity index (χ0v) is 16.3. The van der Waals surface area contributed by atoms with Gasteiger partial charge in [-0.05, 0) is 36.8 Å². The van der Waals surface area contributed by atoms with E-state index in [2.05, 4.69) is 15.5 Å². The number of benzene rings is 3. The lowest BCUT2D eigenvalue weighted by atomic mass is 10.0. The average Bonchev–Trinajstić information content (AvgIpc) is 2.77.